The summed E-state index contributed by atoms with van der Waals surface area (Å²) in [4.78, 5) is 22.8. The monoisotopic (exact) mass is 401 g/mol. The van der Waals surface area contributed by atoms with Crippen molar-refractivity contribution in [3.63, 3.8) is 0 Å². The van der Waals surface area contributed by atoms with Gasteiger partial charge in [0.15, 0.2) is 0 Å². The van der Waals surface area contributed by atoms with Crippen molar-refractivity contribution in [1.29, 1.82) is 5.26 Å². The van der Waals surface area contributed by atoms with Gasteiger partial charge in [0.1, 0.15) is 17.5 Å². The largest absolute Gasteiger partial charge is 0.468 e. The lowest BCUT2D eigenvalue weighted by molar-refractivity contribution is -0.137. The molecule has 0 aliphatic rings. The van der Waals surface area contributed by atoms with E-state index >= 15 is 0 Å². The van der Waals surface area contributed by atoms with E-state index in [1.165, 1.54) is 18.9 Å². The Hall–Kier alpha value is -2.99. The number of nitriles is 1. The molecule has 0 aliphatic heterocycles. The molecule has 0 aliphatic carbocycles. The normalized spacial score (nSPS) is 10.3. The van der Waals surface area contributed by atoms with Crippen LogP contribution in [0.5, 0.6) is 0 Å². The molecule has 148 valence electrons. The van der Waals surface area contributed by atoms with Gasteiger partial charge in [-0.3, -0.25) is 9.59 Å². The first kappa shape index (κ1) is 21.3. The molecule has 0 unspecified atom stereocenters. The minimum atomic E-state index is -0.298. The number of carbonyl (C=O) groups excluding carboxylic acids is 2. The van der Waals surface area contributed by atoms with Gasteiger partial charge in [0.2, 0.25) is 5.91 Å². The van der Waals surface area contributed by atoms with Gasteiger partial charge in [-0.2, -0.15) is 10.4 Å². The maximum Gasteiger partial charge on any atom is 0.315 e. The number of benzene rings is 1. The highest BCUT2D eigenvalue weighted by Gasteiger charge is 2.16. The highest BCUT2D eigenvalue weighted by molar-refractivity contribution is 7.99. The first-order valence-corrected chi connectivity index (χ1v) is 9.96. The smallest absolute Gasteiger partial charge is 0.315 e. The number of amides is 1. The number of para-hydroxylation sites is 1. The van der Waals surface area contributed by atoms with Crippen molar-refractivity contribution < 1.29 is 14.3 Å². The molecule has 0 bridgehead atoms. The van der Waals surface area contributed by atoms with Crippen molar-refractivity contribution in [2.45, 2.75) is 19.3 Å². The number of methoxy groups -OCH3 is 1. The first-order valence-electron chi connectivity index (χ1n) is 8.81. The lowest BCUT2D eigenvalue weighted by Gasteiger charge is -2.04. The SMILES string of the molecule is COC(=O)CSCCC(=O)NCCCc1nn(-c2ccccc2)c(N)c1C#N. The van der Waals surface area contributed by atoms with E-state index in [-0.39, 0.29) is 17.6 Å². The summed E-state index contributed by atoms with van der Waals surface area (Å²) in [5.74, 6) is 0.736. The molecule has 0 saturated carbocycles. The van der Waals surface area contributed by atoms with Gasteiger partial charge >= 0.3 is 5.97 Å². The zero-order chi connectivity index (χ0) is 20.4. The molecule has 2 aromatic rings. The van der Waals surface area contributed by atoms with Crippen molar-refractivity contribution in [1.82, 2.24) is 15.1 Å². The summed E-state index contributed by atoms with van der Waals surface area (Å²) in [5.41, 5.74) is 7.85. The predicted octanol–water partition coefficient (Wildman–Crippen LogP) is 1.67. The highest BCUT2D eigenvalue weighted by Crippen LogP contribution is 2.21. The Morgan fingerprint density at radius 3 is 2.79 bits per heavy atom. The van der Waals surface area contributed by atoms with Crippen LogP contribution in [0.4, 0.5) is 5.82 Å². The maximum absolute atomic E-state index is 11.8. The zero-order valence-corrected chi connectivity index (χ0v) is 16.5. The predicted molar refractivity (Wildman–Crippen MR) is 108 cm³/mol. The van der Waals surface area contributed by atoms with Gasteiger partial charge in [0.25, 0.3) is 0 Å². The van der Waals surface area contributed by atoms with Crippen LogP contribution in [0.2, 0.25) is 0 Å². The molecule has 8 nitrogen and oxygen atoms in total. The van der Waals surface area contributed by atoms with Crippen LogP contribution in [0.3, 0.4) is 0 Å². The van der Waals surface area contributed by atoms with Gasteiger partial charge in [0, 0.05) is 18.7 Å². The number of aryl methyl sites for hydroxylation is 1. The Bertz CT molecular complexity index is 845. The molecule has 28 heavy (non-hydrogen) atoms. The van der Waals surface area contributed by atoms with Crippen LogP contribution in [-0.2, 0) is 20.7 Å². The number of nitrogens with two attached hydrogens (primary N) is 1. The van der Waals surface area contributed by atoms with E-state index < -0.39 is 0 Å². The maximum atomic E-state index is 11.8. The quantitative estimate of drug-likeness (QED) is 0.458. The summed E-state index contributed by atoms with van der Waals surface area (Å²) in [5, 5.41) is 16.7. The Balaban J connectivity index is 1.79. The number of carbonyl (C=O) groups is 2. The summed E-state index contributed by atoms with van der Waals surface area (Å²) in [6, 6.07) is 11.5. The molecule has 2 rings (SSSR count). The third kappa shape index (κ3) is 6.03. The van der Waals surface area contributed by atoms with Crippen LogP contribution in [0.25, 0.3) is 5.69 Å². The number of hydrogen-bond donors (Lipinski definition) is 2. The van der Waals surface area contributed by atoms with Gasteiger partial charge in [-0.15, -0.1) is 11.8 Å². The molecular formula is C19H23N5O3S. The van der Waals surface area contributed by atoms with Crippen LogP contribution in [0, 0.1) is 11.3 Å². The van der Waals surface area contributed by atoms with E-state index in [0.29, 0.717) is 48.6 Å². The van der Waals surface area contributed by atoms with Crippen LogP contribution in [0.15, 0.2) is 30.3 Å². The van der Waals surface area contributed by atoms with Crippen LogP contribution in [-0.4, -0.2) is 46.8 Å². The number of nitrogens with zero attached hydrogens (tertiary/aromatic N) is 3. The Morgan fingerprint density at radius 2 is 2.11 bits per heavy atom. The fourth-order valence-corrected chi connectivity index (χ4v) is 3.25. The minimum absolute atomic E-state index is 0.0767. The molecule has 1 aromatic heterocycles. The van der Waals surface area contributed by atoms with Crippen LogP contribution >= 0.6 is 11.8 Å². The average molecular weight is 401 g/mol. The molecule has 0 saturated heterocycles. The molecule has 0 radical (unpaired) electrons. The molecule has 0 spiro atoms. The second-order valence-corrected chi connectivity index (χ2v) is 7.00. The molecule has 3 N–H and O–H groups in total. The lowest BCUT2D eigenvalue weighted by atomic mass is 10.1. The number of anilines is 1. The van der Waals surface area contributed by atoms with Crippen molar-refractivity contribution in [3.05, 3.63) is 41.6 Å². The molecular weight excluding hydrogens is 378 g/mol. The molecule has 0 atom stereocenters. The van der Waals surface area contributed by atoms with Gasteiger partial charge in [-0.25, -0.2) is 4.68 Å². The van der Waals surface area contributed by atoms with Gasteiger partial charge in [-0.1, -0.05) is 18.2 Å². The lowest BCUT2D eigenvalue weighted by Crippen LogP contribution is -2.25. The molecule has 0 fully saturated rings. The second-order valence-electron chi connectivity index (χ2n) is 5.90. The number of ether oxygens (including phenoxy) is 1. The Morgan fingerprint density at radius 1 is 1.36 bits per heavy atom. The topological polar surface area (TPSA) is 123 Å². The van der Waals surface area contributed by atoms with Crippen molar-refractivity contribution in [3.8, 4) is 11.8 Å². The van der Waals surface area contributed by atoms with E-state index in [0.717, 1.165) is 5.69 Å². The number of nitrogen functional groups attached to an aromatic ring is 1. The fraction of sp³-hybridized carbons (Fsp3) is 0.368. The zero-order valence-electron chi connectivity index (χ0n) is 15.7. The van der Waals surface area contributed by atoms with Gasteiger partial charge < -0.3 is 15.8 Å². The number of rotatable bonds is 10. The van der Waals surface area contributed by atoms with Gasteiger partial charge in [0.05, 0.1) is 24.2 Å². The van der Waals surface area contributed by atoms with E-state index in [9.17, 15) is 14.9 Å². The summed E-state index contributed by atoms with van der Waals surface area (Å²) < 4.78 is 6.10. The summed E-state index contributed by atoms with van der Waals surface area (Å²) in [6.07, 6.45) is 1.51. The molecule has 1 heterocycles. The third-order valence-electron chi connectivity index (χ3n) is 3.94. The van der Waals surface area contributed by atoms with E-state index in [1.54, 1.807) is 4.68 Å². The standard InChI is InChI=1S/C19H23N5O3S/c1-27-18(26)13-28-11-9-17(25)22-10-5-8-16-15(12-20)19(21)24(23-16)14-6-3-2-4-7-14/h2-4,6-7H,5,8-11,13,21H2,1H3,(H,22,25). The van der Waals surface area contributed by atoms with Crippen molar-refractivity contribution in [2.24, 2.45) is 0 Å². The molecule has 9 heteroatoms. The van der Waals surface area contributed by atoms with Crippen molar-refractivity contribution >= 4 is 29.5 Å². The Labute approximate surface area is 168 Å². The number of hydrogen-bond acceptors (Lipinski definition) is 7. The highest BCUT2D eigenvalue weighted by atomic mass is 32.2. The van der Waals surface area contributed by atoms with E-state index in [4.69, 9.17) is 5.73 Å². The third-order valence-corrected chi connectivity index (χ3v) is 4.87. The fourth-order valence-electron chi connectivity index (χ4n) is 2.49. The minimum Gasteiger partial charge on any atom is -0.468 e. The van der Waals surface area contributed by atoms with E-state index in [1.807, 2.05) is 30.3 Å². The van der Waals surface area contributed by atoms with Gasteiger partial charge in [-0.05, 0) is 25.0 Å². The number of aromatic nitrogens is 2. The Kier molecular flexibility index (Phi) is 8.37. The molecule has 1 amide bonds. The number of esters is 1. The second kappa shape index (κ2) is 11.0. The summed E-state index contributed by atoms with van der Waals surface area (Å²) in [6.45, 7) is 0.476. The number of thioether (sulfide) groups is 1. The van der Waals surface area contributed by atoms with Crippen LogP contribution < -0.4 is 11.1 Å². The average Bonchev–Trinajstić information content (AvgIpc) is 3.04. The summed E-state index contributed by atoms with van der Waals surface area (Å²) in [7, 11) is 1.34. The molecule has 1 aromatic carbocycles. The van der Waals surface area contributed by atoms with Crippen LogP contribution in [0.1, 0.15) is 24.1 Å². The van der Waals surface area contributed by atoms with E-state index in [2.05, 4.69) is 21.2 Å². The first-order chi connectivity index (χ1) is 13.6. The van der Waals surface area contributed by atoms with Crippen molar-refractivity contribution in [2.75, 3.05) is 30.9 Å². The number of nitrogens with one attached hydrogen (secondary N) is 1. The summed E-state index contributed by atoms with van der Waals surface area (Å²) >= 11 is 1.36.